The van der Waals surface area contributed by atoms with Crippen molar-refractivity contribution >= 4 is 11.9 Å². The Morgan fingerprint density at radius 1 is 1.00 bits per heavy atom. The number of nitrogens with zero attached hydrogens (tertiary/aromatic N) is 1. The summed E-state index contributed by atoms with van der Waals surface area (Å²) in [5.41, 5.74) is 0. The molecule has 1 heterocycles. The summed E-state index contributed by atoms with van der Waals surface area (Å²) >= 11 is 0. The molecule has 0 aromatic carbocycles. The maximum Gasteiger partial charge on any atom is 0.309 e. The Bertz CT molecular complexity index is 370. The van der Waals surface area contributed by atoms with Crippen molar-refractivity contribution in [1.29, 1.82) is 0 Å². The van der Waals surface area contributed by atoms with E-state index in [0.29, 0.717) is 19.2 Å². The first-order valence-corrected chi connectivity index (χ1v) is 9.37. The lowest BCUT2D eigenvalue weighted by Gasteiger charge is -2.31. The van der Waals surface area contributed by atoms with Gasteiger partial charge in [0.1, 0.15) is 0 Å². The van der Waals surface area contributed by atoms with Gasteiger partial charge in [0.2, 0.25) is 5.91 Å². The average Bonchev–Trinajstić information content (AvgIpc) is 2.51. The third kappa shape index (κ3) is 6.50. The van der Waals surface area contributed by atoms with Gasteiger partial charge in [-0.25, -0.2) is 0 Å². The number of ether oxygens (including phenoxy) is 1. The molecular weight excluding hydrogens is 292 g/mol. The van der Waals surface area contributed by atoms with Crippen LogP contribution in [0.2, 0.25) is 0 Å². The van der Waals surface area contributed by atoms with Crippen molar-refractivity contribution in [1.82, 2.24) is 10.2 Å². The summed E-state index contributed by atoms with van der Waals surface area (Å²) in [6.07, 6.45) is 10.3. The molecule has 5 nitrogen and oxygen atoms in total. The fraction of sp³-hybridized carbons (Fsp3) is 0.889. The van der Waals surface area contributed by atoms with Crippen LogP contribution in [-0.4, -0.2) is 49.1 Å². The van der Waals surface area contributed by atoms with Gasteiger partial charge in [-0.05, 0) is 45.7 Å². The molecular formula is C18H32N2O3. The highest BCUT2D eigenvalue weighted by atomic mass is 16.5. The zero-order valence-electron chi connectivity index (χ0n) is 14.5. The molecule has 2 rings (SSSR count). The molecule has 1 saturated carbocycles. The average molecular weight is 324 g/mol. The van der Waals surface area contributed by atoms with Gasteiger partial charge in [-0.3, -0.25) is 14.5 Å². The Balaban J connectivity index is 1.66. The lowest BCUT2D eigenvalue weighted by molar-refractivity contribution is -0.149. The van der Waals surface area contributed by atoms with Crippen LogP contribution < -0.4 is 5.32 Å². The maximum absolute atomic E-state index is 12.3. The molecule has 0 aromatic heterocycles. The van der Waals surface area contributed by atoms with Crippen LogP contribution in [0.1, 0.15) is 64.7 Å². The number of hydrogen-bond acceptors (Lipinski definition) is 4. The van der Waals surface area contributed by atoms with Gasteiger partial charge in [-0.2, -0.15) is 0 Å². The zero-order chi connectivity index (χ0) is 16.5. The molecule has 1 aliphatic carbocycles. The molecule has 1 N–H and O–H groups in total. The van der Waals surface area contributed by atoms with Gasteiger partial charge < -0.3 is 10.1 Å². The van der Waals surface area contributed by atoms with E-state index < -0.39 is 0 Å². The van der Waals surface area contributed by atoms with E-state index in [9.17, 15) is 9.59 Å². The topological polar surface area (TPSA) is 58.6 Å². The van der Waals surface area contributed by atoms with E-state index >= 15 is 0 Å². The van der Waals surface area contributed by atoms with E-state index in [1.807, 2.05) is 6.92 Å². The van der Waals surface area contributed by atoms with Crippen LogP contribution in [0, 0.1) is 5.92 Å². The van der Waals surface area contributed by atoms with Crippen LogP contribution in [0.5, 0.6) is 0 Å². The first kappa shape index (κ1) is 18.2. The molecule has 1 aliphatic heterocycles. The Morgan fingerprint density at radius 3 is 2.22 bits per heavy atom. The van der Waals surface area contributed by atoms with E-state index in [2.05, 4.69) is 10.2 Å². The normalized spacial score (nSPS) is 22.1. The molecule has 0 spiro atoms. The predicted octanol–water partition coefficient (Wildman–Crippen LogP) is 2.49. The van der Waals surface area contributed by atoms with Crippen LogP contribution in [0.4, 0.5) is 0 Å². The summed E-state index contributed by atoms with van der Waals surface area (Å²) in [7, 11) is 0. The molecule has 0 unspecified atom stereocenters. The second-order valence-corrected chi connectivity index (χ2v) is 6.91. The quantitative estimate of drug-likeness (QED) is 0.789. The van der Waals surface area contributed by atoms with E-state index in [1.165, 1.54) is 32.1 Å². The minimum atomic E-state index is -0.0777. The van der Waals surface area contributed by atoms with Gasteiger partial charge in [-0.15, -0.1) is 0 Å². The number of hydrogen-bond donors (Lipinski definition) is 1. The van der Waals surface area contributed by atoms with Crippen molar-refractivity contribution in [2.45, 2.75) is 70.8 Å². The third-order valence-electron chi connectivity index (χ3n) is 5.05. The first-order valence-electron chi connectivity index (χ1n) is 9.37. The van der Waals surface area contributed by atoms with Gasteiger partial charge in [0, 0.05) is 6.04 Å². The predicted molar refractivity (Wildman–Crippen MR) is 90.0 cm³/mol. The van der Waals surface area contributed by atoms with Gasteiger partial charge in [-0.1, -0.05) is 32.1 Å². The van der Waals surface area contributed by atoms with E-state index in [1.54, 1.807) is 0 Å². The lowest BCUT2D eigenvalue weighted by atomic mass is 9.96. The number of amides is 1. The van der Waals surface area contributed by atoms with E-state index in [0.717, 1.165) is 38.8 Å². The fourth-order valence-corrected chi connectivity index (χ4v) is 3.66. The summed E-state index contributed by atoms with van der Waals surface area (Å²) in [6, 6.07) is 0.361. The molecule has 2 aliphatic rings. The number of likely N-dealkylation sites (tertiary alicyclic amines) is 1. The van der Waals surface area contributed by atoms with Crippen molar-refractivity contribution in [3.63, 3.8) is 0 Å². The SMILES string of the molecule is CCOC(=O)C1CCN(CC(=O)NC2CCCCCCC2)CC1. The second-order valence-electron chi connectivity index (χ2n) is 6.91. The molecule has 0 aromatic rings. The van der Waals surface area contributed by atoms with Gasteiger partial charge >= 0.3 is 5.97 Å². The number of piperidine rings is 1. The van der Waals surface area contributed by atoms with E-state index in [-0.39, 0.29) is 17.8 Å². The van der Waals surface area contributed by atoms with Crippen LogP contribution in [0.25, 0.3) is 0 Å². The largest absolute Gasteiger partial charge is 0.466 e. The smallest absolute Gasteiger partial charge is 0.309 e. The van der Waals surface area contributed by atoms with Crippen LogP contribution in [-0.2, 0) is 14.3 Å². The Labute approximate surface area is 140 Å². The lowest BCUT2D eigenvalue weighted by Crippen LogP contribution is -2.45. The fourth-order valence-electron chi connectivity index (χ4n) is 3.66. The molecule has 0 radical (unpaired) electrons. The van der Waals surface area contributed by atoms with Crippen LogP contribution >= 0.6 is 0 Å². The van der Waals surface area contributed by atoms with Crippen molar-refractivity contribution < 1.29 is 14.3 Å². The van der Waals surface area contributed by atoms with Gasteiger partial charge in [0.25, 0.3) is 0 Å². The van der Waals surface area contributed by atoms with Crippen molar-refractivity contribution in [2.24, 2.45) is 5.92 Å². The number of esters is 1. The monoisotopic (exact) mass is 324 g/mol. The maximum atomic E-state index is 12.3. The third-order valence-corrected chi connectivity index (χ3v) is 5.05. The highest BCUT2D eigenvalue weighted by molar-refractivity contribution is 5.78. The number of rotatable bonds is 5. The highest BCUT2D eigenvalue weighted by Gasteiger charge is 2.27. The molecule has 2 fully saturated rings. The number of nitrogens with one attached hydrogen (secondary N) is 1. The van der Waals surface area contributed by atoms with Crippen LogP contribution in [0.15, 0.2) is 0 Å². The molecule has 1 saturated heterocycles. The second kappa shape index (κ2) is 9.91. The Hall–Kier alpha value is -1.10. The molecule has 23 heavy (non-hydrogen) atoms. The Kier molecular flexibility index (Phi) is 7.86. The highest BCUT2D eigenvalue weighted by Crippen LogP contribution is 2.19. The molecule has 1 amide bonds. The summed E-state index contributed by atoms with van der Waals surface area (Å²) < 4.78 is 5.08. The van der Waals surface area contributed by atoms with Gasteiger partial charge in [0.05, 0.1) is 19.1 Å². The minimum Gasteiger partial charge on any atom is -0.466 e. The van der Waals surface area contributed by atoms with Crippen molar-refractivity contribution in [3.8, 4) is 0 Å². The summed E-state index contributed by atoms with van der Waals surface area (Å²) in [5, 5.41) is 3.22. The minimum absolute atomic E-state index is 0.0138. The van der Waals surface area contributed by atoms with E-state index in [4.69, 9.17) is 4.74 Å². The number of carbonyl (C=O) groups is 2. The van der Waals surface area contributed by atoms with Crippen LogP contribution in [0.3, 0.4) is 0 Å². The molecule has 0 atom stereocenters. The molecule has 132 valence electrons. The molecule has 5 heteroatoms. The summed E-state index contributed by atoms with van der Waals surface area (Å²) in [4.78, 5) is 26.1. The number of carbonyl (C=O) groups excluding carboxylic acids is 2. The zero-order valence-corrected chi connectivity index (χ0v) is 14.5. The first-order chi connectivity index (χ1) is 11.2. The standard InChI is InChI=1S/C18H32N2O3/c1-2-23-18(22)15-10-12-20(13-11-15)14-17(21)19-16-8-6-4-3-5-7-9-16/h15-16H,2-14H2,1H3,(H,19,21). The van der Waals surface area contributed by atoms with Gasteiger partial charge in [0.15, 0.2) is 0 Å². The summed E-state index contributed by atoms with van der Waals surface area (Å²) in [5.74, 6) is 0.0798. The molecule has 0 bridgehead atoms. The Morgan fingerprint density at radius 2 is 1.61 bits per heavy atom. The van der Waals surface area contributed by atoms with Crippen molar-refractivity contribution in [2.75, 3.05) is 26.2 Å². The summed E-state index contributed by atoms with van der Waals surface area (Å²) in [6.45, 7) is 4.37. The van der Waals surface area contributed by atoms with Crippen molar-refractivity contribution in [3.05, 3.63) is 0 Å².